The van der Waals surface area contributed by atoms with Gasteiger partial charge in [0.25, 0.3) is 0 Å². The highest BCUT2D eigenvalue weighted by atomic mass is 127. The van der Waals surface area contributed by atoms with Crippen LogP contribution in [0.5, 0.6) is 0 Å². The molecule has 1 heterocycles. The number of oxime groups is 1. The standard InChI is InChI=1S/C19H14F3IN4O3/c20-19(21,22)14-6-3-5-12(8-14)15(9-23)26-30-11-13-4-1-2-7-16(13)27-17(10-28)24-25-18(27)29/h1-8,10H,9,11H2,(H,25,29)/b26-15+. The number of H-pyrrole nitrogens is 1. The maximum Gasteiger partial charge on any atom is 0.416 e. The zero-order chi connectivity index (χ0) is 21.7. The van der Waals surface area contributed by atoms with Crippen molar-refractivity contribution < 1.29 is 22.8 Å². The molecule has 3 rings (SSSR count). The summed E-state index contributed by atoms with van der Waals surface area (Å²) < 4.78 is 40.3. The van der Waals surface area contributed by atoms with Crippen molar-refractivity contribution in [1.29, 1.82) is 0 Å². The minimum atomic E-state index is -4.46. The smallest absolute Gasteiger partial charge is 0.391 e. The van der Waals surface area contributed by atoms with Gasteiger partial charge in [0.1, 0.15) is 6.61 Å². The lowest BCUT2D eigenvalue weighted by Gasteiger charge is -2.11. The molecule has 0 spiro atoms. The monoisotopic (exact) mass is 530 g/mol. The number of benzene rings is 2. The van der Waals surface area contributed by atoms with E-state index in [2.05, 4.69) is 15.4 Å². The number of rotatable bonds is 7. The van der Waals surface area contributed by atoms with Crippen LogP contribution in [0.4, 0.5) is 13.2 Å². The van der Waals surface area contributed by atoms with E-state index < -0.39 is 17.4 Å². The van der Waals surface area contributed by atoms with E-state index in [0.29, 0.717) is 33.2 Å². The molecule has 0 bridgehead atoms. The molecule has 7 nitrogen and oxygen atoms in total. The third-order valence-electron chi connectivity index (χ3n) is 4.08. The molecule has 0 saturated carbocycles. The summed E-state index contributed by atoms with van der Waals surface area (Å²) in [6.45, 7) is -0.0782. The van der Waals surface area contributed by atoms with Crippen LogP contribution in [0.3, 0.4) is 0 Å². The van der Waals surface area contributed by atoms with Crippen molar-refractivity contribution in [3.63, 3.8) is 0 Å². The lowest BCUT2D eigenvalue weighted by Crippen LogP contribution is -2.18. The molecule has 0 radical (unpaired) electrons. The third-order valence-corrected chi connectivity index (χ3v) is 4.80. The van der Waals surface area contributed by atoms with Crippen LogP contribution in [0.1, 0.15) is 27.3 Å². The summed E-state index contributed by atoms with van der Waals surface area (Å²) in [5.41, 5.74) is 0.164. The largest absolute Gasteiger partial charge is 0.416 e. The minimum Gasteiger partial charge on any atom is -0.391 e. The molecular formula is C19H14F3IN4O3. The molecule has 1 aromatic heterocycles. The van der Waals surface area contributed by atoms with Gasteiger partial charge in [-0.05, 0) is 18.2 Å². The molecular weight excluding hydrogens is 516 g/mol. The number of nitrogens with zero attached hydrogens (tertiary/aromatic N) is 3. The normalized spacial score (nSPS) is 12.1. The number of aromatic nitrogens is 3. The van der Waals surface area contributed by atoms with Crippen LogP contribution in [-0.2, 0) is 17.6 Å². The molecule has 0 fully saturated rings. The van der Waals surface area contributed by atoms with Gasteiger partial charge in [0.2, 0.25) is 5.82 Å². The molecule has 2 aromatic carbocycles. The van der Waals surface area contributed by atoms with Gasteiger partial charge in [0.15, 0.2) is 6.29 Å². The van der Waals surface area contributed by atoms with Gasteiger partial charge in [-0.2, -0.15) is 13.2 Å². The van der Waals surface area contributed by atoms with Gasteiger partial charge in [-0.25, -0.2) is 14.5 Å². The molecule has 156 valence electrons. The lowest BCUT2D eigenvalue weighted by atomic mass is 10.1. The Bertz CT molecular complexity index is 1140. The van der Waals surface area contributed by atoms with Crippen molar-refractivity contribution in [2.75, 3.05) is 4.43 Å². The highest BCUT2D eigenvalue weighted by Gasteiger charge is 2.30. The maximum absolute atomic E-state index is 12.9. The summed E-state index contributed by atoms with van der Waals surface area (Å²) in [6.07, 6.45) is -4.02. The highest BCUT2D eigenvalue weighted by Crippen LogP contribution is 2.29. The predicted molar refractivity (Wildman–Crippen MR) is 111 cm³/mol. The number of aromatic amines is 1. The molecule has 0 aliphatic heterocycles. The second kappa shape index (κ2) is 9.24. The summed E-state index contributed by atoms with van der Waals surface area (Å²) in [5, 5.41) is 9.82. The Morgan fingerprint density at radius 1 is 1.23 bits per heavy atom. The Morgan fingerprint density at radius 3 is 2.70 bits per heavy atom. The van der Waals surface area contributed by atoms with E-state index in [4.69, 9.17) is 4.84 Å². The number of aldehydes is 1. The fourth-order valence-electron chi connectivity index (χ4n) is 2.68. The second-order valence-corrected chi connectivity index (χ2v) is 6.76. The van der Waals surface area contributed by atoms with E-state index in [1.165, 1.54) is 12.1 Å². The molecule has 3 aromatic rings. The first-order chi connectivity index (χ1) is 14.3. The van der Waals surface area contributed by atoms with Gasteiger partial charge in [0.05, 0.1) is 17.0 Å². The van der Waals surface area contributed by atoms with E-state index in [-0.39, 0.29) is 12.4 Å². The number of carbonyl (C=O) groups is 1. The lowest BCUT2D eigenvalue weighted by molar-refractivity contribution is -0.137. The Hall–Kier alpha value is -2.96. The van der Waals surface area contributed by atoms with Crippen LogP contribution >= 0.6 is 22.6 Å². The number of halogens is 4. The summed E-state index contributed by atoms with van der Waals surface area (Å²) in [5.74, 6) is -0.104. The first-order valence-corrected chi connectivity index (χ1v) is 10.0. The zero-order valence-corrected chi connectivity index (χ0v) is 17.3. The summed E-state index contributed by atoms with van der Waals surface area (Å²) in [4.78, 5) is 28.5. The van der Waals surface area contributed by atoms with Crippen LogP contribution < -0.4 is 5.69 Å². The van der Waals surface area contributed by atoms with Crippen LogP contribution in [0.15, 0.2) is 58.5 Å². The van der Waals surface area contributed by atoms with Crippen LogP contribution in [0.25, 0.3) is 5.69 Å². The van der Waals surface area contributed by atoms with Crippen LogP contribution in [-0.4, -0.2) is 31.2 Å². The van der Waals surface area contributed by atoms with Crippen LogP contribution in [0.2, 0.25) is 0 Å². The Balaban J connectivity index is 1.86. The van der Waals surface area contributed by atoms with E-state index in [9.17, 15) is 22.8 Å². The number of hydrogen-bond donors (Lipinski definition) is 1. The molecule has 0 atom stereocenters. The van der Waals surface area contributed by atoms with E-state index in [0.717, 1.165) is 16.7 Å². The number of carbonyl (C=O) groups excluding carboxylic acids is 1. The van der Waals surface area contributed by atoms with Crippen molar-refractivity contribution in [1.82, 2.24) is 14.8 Å². The zero-order valence-electron chi connectivity index (χ0n) is 15.2. The Kier molecular flexibility index (Phi) is 6.70. The maximum atomic E-state index is 12.9. The van der Waals surface area contributed by atoms with Gasteiger partial charge in [-0.1, -0.05) is 58.1 Å². The number of nitrogens with one attached hydrogen (secondary N) is 1. The second-order valence-electron chi connectivity index (χ2n) is 5.99. The first kappa shape index (κ1) is 21.7. The molecule has 0 unspecified atom stereocenters. The number of hydrogen-bond acceptors (Lipinski definition) is 5. The average Bonchev–Trinajstić information content (AvgIpc) is 3.11. The SMILES string of the molecule is O=Cc1n[nH]c(=O)n1-c1ccccc1CO/N=C(\CI)c1cccc(C(F)(F)F)c1. The van der Waals surface area contributed by atoms with Gasteiger partial charge >= 0.3 is 11.9 Å². The van der Waals surface area contributed by atoms with Gasteiger partial charge in [-0.15, -0.1) is 5.10 Å². The van der Waals surface area contributed by atoms with Gasteiger partial charge in [0, 0.05) is 15.6 Å². The van der Waals surface area contributed by atoms with Gasteiger partial charge < -0.3 is 4.84 Å². The first-order valence-electron chi connectivity index (χ1n) is 8.48. The fraction of sp³-hybridized carbons (Fsp3) is 0.158. The Labute approximate surface area is 181 Å². The minimum absolute atomic E-state index is 0.0782. The molecule has 30 heavy (non-hydrogen) atoms. The molecule has 0 aliphatic carbocycles. The third kappa shape index (κ3) is 4.78. The van der Waals surface area contributed by atoms with Crippen molar-refractivity contribution >= 4 is 34.6 Å². The molecule has 0 amide bonds. The van der Waals surface area contributed by atoms with E-state index >= 15 is 0 Å². The Morgan fingerprint density at radius 2 is 2.00 bits per heavy atom. The van der Waals surface area contributed by atoms with Crippen molar-refractivity contribution in [2.45, 2.75) is 12.8 Å². The van der Waals surface area contributed by atoms with Crippen molar-refractivity contribution in [3.8, 4) is 5.69 Å². The summed E-state index contributed by atoms with van der Waals surface area (Å²) in [6, 6.07) is 11.5. The van der Waals surface area contributed by atoms with Crippen molar-refractivity contribution in [2.24, 2.45) is 5.16 Å². The molecule has 11 heteroatoms. The fourth-order valence-corrected chi connectivity index (χ4v) is 3.26. The number of alkyl halides is 4. The van der Waals surface area contributed by atoms with E-state index in [1.54, 1.807) is 24.3 Å². The van der Waals surface area contributed by atoms with Crippen LogP contribution in [0, 0.1) is 0 Å². The molecule has 1 N–H and O–H groups in total. The highest BCUT2D eigenvalue weighted by molar-refractivity contribution is 14.1. The number of para-hydroxylation sites is 1. The average molecular weight is 530 g/mol. The molecule has 0 aliphatic rings. The quantitative estimate of drug-likeness (QED) is 0.166. The summed E-state index contributed by atoms with van der Waals surface area (Å²) >= 11 is 1.98. The topological polar surface area (TPSA) is 89.3 Å². The van der Waals surface area contributed by atoms with Gasteiger partial charge in [-0.3, -0.25) is 4.79 Å². The van der Waals surface area contributed by atoms with E-state index in [1.807, 2.05) is 22.6 Å². The summed E-state index contributed by atoms with van der Waals surface area (Å²) in [7, 11) is 0. The molecule has 0 saturated heterocycles. The van der Waals surface area contributed by atoms with Crippen molar-refractivity contribution in [3.05, 3.63) is 81.5 Å². The predicted octanol–water partition coefficient (Wildman–Crippen LogP) is 3.75.